The van der Waals surface area contributed by atoms with Crippen LogP contribution in [0, 0.1) is 0 Å². The topological polar surface area (TPSA) is 59.0 Å². The number of aromatic nitrogens is 2. The first kappa shape index (κ1) is 11.9. The van der Waals surface area contributed by atoms with E-state index in [1.54, 1.807) is 19.4 Å². The first-order valence-electron chi connectivity index (χ1n) is 6.35. The Labute approximate surface area is 111 Å². The van der Waals surface area contributed by atoms with Gasteiger partial charge in [-0.15, -0.1) is 0 Å². The molecule has 1 aromatic heterocycles. The van der Waals surface area contributed by atoms with Gasteiger partial charge < -0.3 is 15.2 Å². The van der Waals surface area contributed by atoms with Crippen LogP contribution in [0.3, 0.4) is 0 Å². The lowest BCUT2D eigenvalue weighted by molar-refractivity contribution is 0.644. The van der Waals surface area contributed by atoms with Gasteiger partial charge in [-0.3, -0.25) is 4.79 Å². The average Bonchev–Trinajstić information content (AvgIpc) is 2.44. The standard InChI is InChI=1S/C14H16N4O/c1-18-7-6-16-13(14(18)19)17-12-3-2-11-9-15-5-4-10(11)8-12/h2-3,6-8,15H,4-5,9H2,1H3,(H,16,17). The Hall–Kier alpha value is -2.14. The van der Waals surface area contributed by atoms with Crippen LogP contribution in [0.15, 0.2) is 35.4 Å². The summed E-state index contributed by atoms with van der Waals surface area (Å²) in [6.45, 7) is 1.92. The van der Waals surface area contributed by atoms with Crippen molar-refractivity contribution in [2.24, 2.45) is 7.05 Å². The summed E-state index contributed by atoms with van der Waals surface area (Å²) in [5.41, 5.74) is 3.44. The van der Waals surface area contributed by atoms with E-state index in [0.717, 1.165) is 25.2 Å². The maximum Gasteiger partial charge on any atom is 0.293 e. The van der Waals surface area contributed by atoms with Crippen molar-refractivity contribution in [3.05, 3.63) is 52.1 Å². The normalized spacial score (nSPS) is 13.9. The maximum absolute atomic E-state index is 11.9. The summed E-state index contributed by atoms with van der Waals surface area (Å²) in [4.78, 5) is 16.0. The summed E-state index contributed by atoms with van der Waals surface area (Å²) in [6, 6.07) is 6.18. The van der Waals surface area contributed by atoms with Crippen molar-refractivity contribution in [2.45, 2.75) is 13.0 Å². The van der Waals surface area contributed by atoms with Crippen LogP contribution in [-0.4, -0.2) is 16.1 Å². The van der Waals surface area contributed by atoms with Crippen LogP contribution in [0.25, 0.3) is 0 Å². The molecule has 5 nitrogen and oxygen atoms in total. The maximum atomic E-state index is 11.9. The molecule has 3 rings (SSSR count). The van der Waals surface area contributed by atoms with E-state index in [1.807, 2.05) is 6.07 Å². The van der Waals surface area contributed by atoms with Gasteiger partial charge in [-0.05, 0) is 36.2 Å². The number of hydrogen-bond acceptors (Lipinski definition) is 4. The van der Waals surface area contributed by atoms with Gasteiger partial charge in [0.2, 0.25) is 0 Å². The Morgan fingerprint density at radius 3 is 3.16 bits per heavy atom. The highest BCUT2D eigenvalue weighted by molar-refractivity contribution is 5.57. The van der Waals surface area contributed by atoms with E-state index >= 15 is 0 Å². The first-order valence-corrected chi connectivity index (χ1v) is 6.35. The monoisotopic (exact) mass is 256 g/mol. The van der Waals surface area contributed by atoms with Gasteiger partial charge in [0.05, 0.1) is 0 Å². The van der Waals surface area contributed by atoms with E-state index in [-0.39, 0.29) is 5.56 Å². The zero-order valence-corrected chi connectivity index (χ0v) is 10.8. The summed E-state index contributed by atoms with van der Waals surface area (Å²) in [6.07, 6.45) is 4.28. The van der Waals surface area contributed by atoms with Crippen molar-refractivity contribution in [1.29, 1.82) is 0 Å². The molecule has 19 heavy (non-hydrogen) atoms. The molecule has 0 saturated heterocycles. The molecule has 2 N–H and O–H groups in total. The molecular formula is C14H16N4O. The highest BCUT2D eigenvalue weighted by Gasteiger charge is 2.10. The van der Waals surface area contributed by atoms with Crippen LogP contribution >= 0.6 is 0 Å². The molecule has 0 aliphatic carbocycles. The molecule has 0 radical (unpaired) electrons. The minimum absolute atomic E-state index is 0.123. The summed E-state index contributed by atoms with van der Waals surface area (Å²) < 4.78 is 1.51. The number of hydrogen-bond donors (Lipinski definition) is 2. The van der Waals surface area contributed by atoms with Crippen LogP contribution < -0.4 is 16.2 Å². The number of anilines is 2. The minimum atomic E-state index is -0.123. The lowest BCUT2D eigenvalue weighted by Crippen LogP contribution is -2.24. The van der Waals surface area contributed by atoms with Crippen molar-refractivity contribution in [1.82, 2.24) is 14.9 Å². The van der Waals surface area contributed by atoms with Crippen molar-refractivity contribution in [3.63, 3.8) is 0 Å². The molecule has 0 saturated carbocycles. The van der Waals surface area contributed by atoms with Gasteiger partial charge in [0.15, 0.2) is 5.82 Å². The van der Waals surface area contributed by atoms with Crippen molar-refractivity contribution >= 4 is 11.5 Å². The largest absolute Gasteiger partial charge is 0.336 e. The Bertz CT molecular complexity index is 663. The molecule has 0 atom stereocenters. The second kappa shape index (κ2) is 4.85. The molecule has 0 spiro atoms. The number of rotatable bonds is 2. The number of nitrogens with one attached hydrogen (secondary N) is 2. The quantitative estimate of drug-likeness (QED) is 0.847. The zero-order chi connectivity index (χ0) is 13.2. The molecule has 2 aromatic rings. The Kier molecular flexibility index (Phi) is 3.05. The van der Waals surface area contributed by atoms with Gasteiger partial charge in [-0.1, -0.05) is 6.07 Å². The lowest BCUT2D eigenvalue weighted by Gasteiger charge is -2.18. The molecule has 2 heterocycles. The fraction of sp³-hybridized carbons (Fsp3) is 0.286. The van der Waals surface area contributed by atoms with Gasteiger partial charge in [0, 0.05) is 31.7 Å². The molecule has 1 aromatic carbocycles. The first-order chi connectivity index (χ1) is 9.24. The molecule has 98 valence electrons. The van der Waals surface area contributed by atoms with Gasteiger partial charge in [-0.25, -0.2) is 4.98 Å². The van der Waals surface area contributed by atoms with Crippen LogP contribution in [0.4, 0.5) is 11.5 Å². The molecular weight excluding hydrogens is 240 g/mol. The summed E-state index contributed by atoms with van der Waals surface area (Å²) >= 11 is 0. The molecule has 1 aliphatic rings. The third-order valence-electron chi connectivity index (χ3n) is 3.37. The van der Waals surface area contributed by atoms with Gasteiger partial charge in [0.25, 0.3) is 5.56 Å². The molecule has 0 unspecified atom stereocenters. The van der Waals surface area contributed by atoms with E-state index in [9.17, 15) is 4.79 Å². The van der Waals surface area contributed by atoms with E-state index in [1.165, 1.54) is 15.7 Å². The number of nitrogens with zero attached hydrogens (tertiary/aromatic N) is 2. The molecule has 0 amide bonds. The minimum Gasteiger partial charge on any atom is -0.336 e. The van der Waals surface area contributed by atoms with Crippen LogP contribution in [0.2, 0.25) is 0 Å². The van der Waals surface area contributed by atoms with Gasteiger partial charge in [-0.2, -0.15) is 0 Å². The SMILES string of the molecule is Cn1ccnc(Nc2ccc3c(c2)CCNC3)c1=O. The van der Waals surface area contributed by atoms with E-state index < -0.39 is 0 Å². The van der Waals surface area contributed by atoms with Crippen LogP contribution in [-0.2, 0) is 20.0 Å². The van der Waals surface area contributed by atoms with E-state index in [0.29, 0.717) is 5.82 Å². The third-order valence-corrected chi connectivity index (χ3v) is 3.37. The lowest BCUT2D eigenvalue weighted by atomic mass is 10.0. The Balaban J connectivity index is 1.91. The molecule has 0 bridgehead atoms. The highest BCUT2D eigenvalue weighted by Crippen LogP contribution is 2.20. The van der Waals surface area contributed by atoms with Crippen molar-refractivity contribution in [3.8, 4) is 0 Å². The molecule has 5 heteroatoms. The number of fused-ring (bicyclic) bond motifs is 1. The summed E-state index contributed by atoms with van der Waals surface area (Å²) in [7, 11) is 1.72. The Morgan fingerprint density at radius 1 is 1.37 bits per heavy atom. The summed E-state index contributed by atoms with van der Waals surface area (Å²) in [5.74, 6) is 0.360. The predicted molar refractivity (Wildman–Crippen MR) is 74.6 cm³/mol. The smallest absolute Gasteiger partial charge is 0.293 e. The number of benzene rings is 1. The van der Waals surface area contributed by atoms with Crippen LogP contribution in [0.5, 0.6) is 0 Å². The highest BCUT2D eigenvalue weighted by atomic mass is 16.1. The third kappa shape index (κ3) is 2.37. The van der Waals surface area contributed by atoms with Crippen molar-refractivity contribution in [2.75, 3.05) is 11.9 Å². The Morgan fingerprint density at radius 2 is 2.26 bits per heavy atom. The van der Waals surface area contributed by atoms with E-state index in [2.05, 4.69) is 27.8 Å². The fourth-order valence-corrected chi connectivity index (χ4v) is 2.28. The molecule has 1 aliphatic heterocycles. The van der Waals surface area contributed by atoms with Gasteiger partial charge in [0.1, 0.15) is 0 Å². The van der Waals surface area contributed by atoms with E-state index in [4.69, 9.17) is 0 Å². The second-order valence-corrected chi connectivity index (χ2v) is 4.73. The number of aryl methyl sites for hydroxylation is 1. The van der Waals surface area contributed by atoms with Crippen molar-refractivity contribution < 1.29 is 0 Å². The van der Waals surface area contributed by atoms with Gasteiger partial charge >= 0.3 is 0 Å². The predicted octanol–water partition coefficient (Wildman–Crippen LogP) is 1.17. The van der Waals surface area contributed by atoms with Crippen LogP contribution in [0.1, 0.15) is 11.1 Å². The average molecular weight is 256 g/mol. The zero-order valence-electron chi connectivity index (χ0n) is 10.8. The molecule has 0 fully saturated rings. The fourth-order valence-electron chi connectivity index (χ4n) is 2.28. The summed E-state index contributed by atoms with van der Waals surface area (Å²) in [5, 5.41) is 6.44. The second-order valence-electron chi connectivity index (χ2n) is 4.73.